The molecular formula is CFeNTi. The van der Waals surface area contributed by atoms with Gasteiger partial charge in [0.15, 0.2) is 0 Å². The summed E-state index contributed by atoms with van der Waals surface area (Å²) in [7, 11) is 0. The molecule has 0 fully saturated rings. The Morgan fingerprint density at radius 3 is 1.75 bits per heavy atom. The van der Waals surface area contributed by atoms with Gasteiger partial charge >= 0.3 is 26.2 Å². The van der Waals surface area contributed by atoms with Gasteiger partial charge in [0.05, 0.1) is 0 Å². The molecule has 0 bridgehead atoms. The molecule has 3 heteroatoms. The van der Waals surface area contributed by atoms with Gasteiger partial charge in [-0.1, -0.05) is 0 Å². The van der Waals surface area contributed by atoms with Crippen molar-refractivity contribution in [1.82, 2.24) is 0 Å². The molecule has 1 nitrogen and oxygen atoms in total. The molecule has 0 saturated carbocycles. The normalized spacial score (nSPS) is 2.00. The fourth-order valence-corrected chi connectivity index (χ4v) is 0. The van der Waals surface area contributed by atoms with Gasteiger partial charge in [-0.3, -0.25) is 0 Å². The first kappa shape index (κ1) is 8.83. The maximum Gasteiger partial charge on any atom is 0 e. The Balaban J connectivity index is 0. The number of hydrogen-bond acceptors (Lipinski definition) is 1. The molecule has 21 valence electrons. The van der Waals surface area contributed by atoms with Crippen molar-refractivity contribution in [3.8, 4) is 4.97 Å². The average Bonchev–Trinajstić information content (AvgIpc) is 0.918. The molecular weight excluding hydrogens is 130 g/mol. The van der Waals surface area contributed by atoms with Crippen molar-refractivity contribution < 1.29 is 37.7 Å². The van der Waals surface area contributed by atoms with Gasteiger partial charge in [0, 0.05) is 21.7 Å². The van der Waals surface area contributed by atoms with E-state index >= 15 is 0 Å². The summed E-state index contributed by atoms with van der Waals surface area (Å²) in [5.74, 6) is 0. The third kappa shape index (κ3) is 15.5. The Hall–Kier alpha value is 0.724. The quantitative estimate of drug-likeness (QED) is 0.423. The Morgan fingerprint density at radius 1 is 1.75 bits per heavy atom. The second kappa shape index (κ2) is 9.30. The predicted molar refractivity (Wildman–Crippen MR) is 5.61 cm³/mol. The topological polar surface area (TPSA) is 23.8 Å². The Morgan fingerprint density at radius 2 is 1.75 bits per heavy atom. The second-order valence-corrected chi connectivity index (χ2v) is 0.326. The molecule has 0 rings (SSSR count). The van der Waals surface area contributed by atoms with E-state index in [0.29, 0.717) is 0 Å². The molecule has 0 aliphatic heterocycles. The van der Waals surface area contributed by atoms with Crippen LogP contribution in [-0.2, 0) is 37.7 Å². The zero-order valence-electron chi connectivity index (χ0n) is 1.80. The van der Waals surface area contributed by atoms with E-state index in [-0.39, 0.29) is 21.7 Å². The Labute approximate surface area is 48.1 Å². The Kier molecular flexibility index (Phi) is 20.5. The molecule has 0 aliphatic carbocycles. The molecule has 0 aromatic heterocycles. The number of rotatable bonds is 0. The largest absolute Gasteiger partial charge is 0 e. The summed E-state index contributed by atoms with van der Waals surface area (Å²) in [5.41, 5.74) is 0. The molecule has 0 saturated heterocycles. The van der Waals surface area contributed by atoms with Gasteiger partial charge in [0.1, 0.15) is 0 Å². The molecule has 0 amide bonds. The van der Waals surface area contributed by atoms with Gasteiger partial charge < -0.3 is 0 Å². The van der Waals surface area contributed by atoms with Crippen molar-refractivity contribution in [2.45, 2.75) is 0 Å². The maximum absolute atomic E-state index is 7.21. The van der Waals surface area contributed by atoms with E-state index < -0.39 is 0 Å². The van der Waals surface area contributed by atoms with Crippen molar-refractivity contribution in [1.29, 1.82) is 5.26 Å². The van der Waals surface area contributed by atoms with Crippen molar-refractivity contribution in [3.05, 3.63) is 0 Å². The smallest absolute Gasteiger partial charge is 0 e. The third-order valence-electron chi connectivity index (χ3n) is 0. The van der Waals surface area contributed by atoms with Crippen LogP contribution < -0.4 is 0 Å². The van der Waals surface area contributed by atoms with E-state index in [9.17, 15) is 0 Å². The minimum atomic E-state index is 0. The van der Waals surface area contributed by atoms with Crippen LogP contribution in [0.4, 0.5) is 0 Å². The first-order valence-electron chi connectivity index (χ1n) is 0.400. The molecule has 0 N–H and O–H groups in total. The number of nitrogens with zero attached hydrogens (tertiary/aromatic N) is 1. The molecule has 0 aromatic carbocycles. The second-order valence-electron chi connectivity index (χ2n) is 0.0791. The van der Waals surface area contributed by atoms with Crippen LogP contribution in [0.2, 0.25) is 0 Å². The third-order valence-corrected chi connectivity index (χ3v) is 0. The molecule has 0 radical (unpaired) electrons. The van der Waals surface area contributed by atoms with Crippen molar-refractivity contribution in [2.24, 2.45) is 0 Å². The molecule has 0 spiro atoms. The first-order valence-corrected chi connectivity index (χ1v) is 0.952. The molecule has 0 unspecified atom stereocenters. The van der Waals surface area contributed by atoms with Crippen LogP contribution in [0.15, 0.2) is 0 Å². The van der Waals surface area contributed by atoms with E-state index in [1.807, 2.05) is 0 Å². The monoisotopic (exact) mass is 130 g/mol. The van der Waals surface area contributed by atoms with Crippen LogP contribution in [0.5, 0.6) is 0 Å². The van der Waals surface area contributed by atoms with Gasteiger partial charge in [0.25, 0.3) is 0 Å². The van der Waals surface area contributed by atoms with Gasteiger partial charge in [-0.05, 0) is 0 Å². The van der Waals surface area contributed by atoms with E-state index in [2.05, 4.69) is 16.0 Å². The summed E-state index contributed by atoms with van der Waals surface area (Å²) >= 11 is 2.79. The van der Waals surface area contributed by atoms with Crippen molar-refractivity contribution in [3.63, 3.8) is 0 Å². The zero-order valence-corrected chi connectivity index (χ0v) is 4.47. The van der Waals surface area contributed by atoms with E-state index in [1.54, 1.807) is 0 Å². The van der Waals surface area contributed by atoms with Crippen molar-refractivity contribution in [2.75, 3.05) is 0 Å². The number of nitriles is 1. The van der Waals surface area contributed by atoms with Crippen LogP contribution in [0.3, 0.4) is 0 Å². The number of hydrogen-bond donors (Lipinski definition) is 0. The first-order chi connectivity index (χ1) is 1.41. The maximum atomic E-state index is 7.21. The van der Waals surface area contributed by atoms with E-state index in [4.69, 9.17) is 5.26 Å². The summed E-state index contributed by atoms with van der Waals surface area (Å²) in [5, 5.41) is 7.21. The van der Waals surface area contributed by atoms with Crippen LogP contribution in [-0.4, -0.2) is 0 Å². The predicted octanol–water partition coefficient (Wildman–Crippen LogP) is 0.0118. The SMILES string of the molecule is N#[C][Fe].[Ti]. The summed E-state index contributed by atoms with van der Waals surface area (Å²) in [6.45, 7) is 0. The van der Waals surface area contributed by atoms with Crippen LogP contribution in [0.25, 0.3) is 0 Å². The minimum Gasteiger partial charge on any atom is 0 e. The molecule has 0 aromatic rings. The molecule has 0 aliphatic rings. The summed E-state index contributed by atoms with van der Waals surface area (Å²) in [4.78, 5) is 1.50. The van der Waals surface area contributed by atoms with Gasteiger partial charge in [-0.2, -0.15) is 0 Å². The van der Waals surface area contributed by atoms with Crippen molar-refractivity contribution >= 4 is 0 Å². The van der Waals surface area contributed by atoms with Crippen LogP contribution >= 0.6 is 0 Å². The van der Waals surface area contributed by atoms with E-state index in [1.165, 1.54) is 4.97 Å². The Bertz CT molecular complexity index is 29.5. The zero-order chi connectivity index (χ0) is 2.71. The summed E-state index contributed by atoms with van der Waals surface area (Å²) < 4.78 is 0. The van der Waals surface area contributed by atoms with Gasteiger partial charge in [-0.25, -0.2) is 0 Å². The summed E-state index contributed by atoms with van der Waals surface area (Å²) in [6, 6.07) is 0. The fraction of sp³-hybridized carbons (Fsp3) is 0. The molecule has 0 atom stereocenters. The standard InChI is InChI=1S/CN.Fe.Ti/c1-2;;. The van der Waals surface area contributed by atoms with Crippen LogP contribution in [0.1, 0.15) is 0 Å². The average molecular weight is 130 g/mol. The molecule has 4 heavy (non-hydrogen) atoms. The van der Waals surface area contributed by atoms with Gasteiger partial charge in [0.2, 0.25) is 0 Å². The van der Waals surface area contributed by atoms with Gasteiger partial charge in [-0.15, -0.1) is 0 Å². The minimum absolute atomic E-state index is 0. The molecule has 0 heterocycles. The van der Waals surface area contributed by atoms with Crippen LogP contribution in [0, 0.1) is 10.2 Å². The van der Waals surface area contributed by atoms with E-state index in [0.717, 1.165) is 0 Å². The summed E-state index contributed by atoms with van der Waals surface area (Å²) in [6.07, 6.45) is 0. The fourth-order valence-electron chi connectivity index (χ4n) is 0.